The van der Waals surface area contributed by atoms with Gasteiger partial charge in [-0.15, -0.1) is 11.6 Å². The van der Waals surface area contributed by atoms with Gasteiger partial charge in [-0.1, -0.05) is 37.6 Å². The highest BCUT2D eigenvalue weighted by Gasteiger charge is 2.79. The average Bonchev–Trinajstić information content (AvgIpc) is 2.80. The van der Waals surface area contributed by atoms with E-state index in [1.807, 2.05) is 40.7 Å². The topological polar surface area (TPSA) is 57.5 Å². The van der Waals surface area contributed by atoms with E-state index in [0.29, 0.717) is 12.3 Å². The molecule has 2 saturated carbocycles. The number of hydrogen-bond donors (Lipinski definition) is 2. The molecular weight excluding hydrogens is 324 g/mol. The van der Waals surface area contributed by atoms with E-state index in [2.05, 4.69) is 12.2 Å². The maximum atomic E-state index is 12.4. The maximum absolute atomic E-state index is 12.4. The lowest BCUT2D eigenvalue weighted by Gasteiger charge is -2.29. The van der Waals surface area contributed by atoms with Crippen LogP contribution in [0.4, 0.5) is 0 Å². The number of carbonyl (C=O) groups is 1. The Balaban J connectivity index is 2.43. The zero-order chi connectivity index (χ0) is 18.3. The molecule has 24 heavy (non-hydrogen) atoms. The predicted octanol–water partition coefficient (Wildman–Crippen LogP) is 4.50. The fraction of sp³-hybridized carbons (Fsp3) is 0.750. The molecular formula is C20H31ClO3. The highest BCUT2D eigenvalue weighted by molar-refractivity contribution is 6.18. The van der Waals surface area contributed by atoms with Crippen molar-refractivity contribution in [2.24, 2.45) is 34.5 Å². The van der Waals surface area contributed by atoms with Gasteiger partial charge < -0.3 is 10.2 Å². The third-order valence-corrected chi connectivity index (χ3v) is 6.92. The fourth-order valence-electron chi connectivity index (χ4n) is 5.35. The summed E-state index contributed by atoms with van der Waals surface area (Å²) in [5.74, 6) is -0.359. The normalized spacial score (nSPS) is 40.7. The molecule has 0 radical (unpaired) electrons. The minimum absolute atomic E-state index is 0.00381. The highest BCUT2D eigenvalue weighted by atomic mass is 35.5. The van der Waals surface area contributed by atoms with Crippen LogP contribution in [0.2, 0.25) is 0 Å². The summed E-state index contributed by atoms with van der Waals surface area (Å²) in [5.41, 5.74) is -0.00176. The van der Waals surface area contributed by atoms with Crippen LogP contribution in [0.5, 0.6) is 0 Å². The lowest BCUT2D eigenvalue weighted by molar-refractivity contribution is -0.148. The van der Waals surface area contributed by atoms with Crippen LogP contribution in [-0.2, 0) is 4.79 Å². The summed E-state index contributed by atoms with van der Waals surface area (Å²) >= 11 is 6.28. The van der Waals surface area contributed by atoms with Crippen LogP contribution in [0.1, 0.15) is 47.5 Å². The molecule has 0 bridgehead atoms. The first-order chi connectivity index (χ1) is 11.2. The molecule has 0 aliphatic heterocycles. The van der Waals surface area contributed by atoms with Gasteiger partial charge in [0.1, 0.15) is 0 Å². The zero-order valence-electron chi connectivity index (χ0n) is 15.4. The summed E-state index contributed by atoms with van der Waals surface area (Å²) in [7, 11) is 0. The smallest absolute Gasteiger partial charge is 0.311 e. The summed E-state index contributed by atoms with van der Waals surface area (Å²) < 4.78 is 0. The summed E-state index contributed by atoms with van der Waals surface area (Å²) in [6.07, 6.45) is 6.94. The second kappa shape index (κ2) is 6.84. The van der Waals surface area contributed by atoms with Crippen molar-refractivity contribution >= 4 is 17.6 Å². The van der Waals surface area contributed by atoms with Gasteiger partial charge in [-0.2, -0.15) is 0 Å². The molecule has 0 saturated heterocycles. The number of aliphatic hydroxyl groups excluding tert-OH is 1. The van der Waals surface area contributed by atoms with Gasteiger partial charge in [-0.05, 0) is 56.8 Å². The van der Waals surface area contributed by atoms with Gasteiger partial charge in [0.15, 0.2) is 0 Å². The summed E-state index contributed by atoms with van der Waals surface area (Å²) in [6.45, 7) is 10.1. The SMILES string of the molecule is CC=CC[C@H]1[C@@H](O)CC([C@]2(C(=O)O)[C@H](C=C(C)C)C2(C)C)[C@@H]1CCl. The van der Waals surface area contributed by atoms with Gasteiger partial charge in [-0.3, -0.25) is 4.79 Å². The van der Waals surface area contributed by atoms with E-state index in [1.54, 1.807) is 0 Å². The van der Waals surface area contributed by atoms with Crippen molar-refractivity contribution in [1.82, 2.24) is 0 Å². The van der Waals surface area contributed by atoms with Gasteiger partial charge in [0.25, 0.3) is 0 Å². The Hall–Kier alpha value is -0.800. The number of allylic oxidation sites excluding steroid dienone is 4. The van der Waals surface area contributed by atoms with Crippen LogP contribution in [0.15, 0.2) is 23.8 Å². The minimum Gasteiger partial charge on any atom is -0.481 e. The van der Waals surface area contributed by atoms with Crippen molar-refractivity contribution in [3.05, 3.63) is 23.8 Å². The Morgan fingerprint density at radius 3 is 2.38 bits per heavy atom. The number of halogens is 1. The second-order valence-electron chi connectivity index (χ2n) is 8.31. The molecule has 1 unspecified atom stereocenters. The van der Waals surface area contributed by atoms with Crippen molar-refractivity contribution in [2.45, 2.75) is 53.6 Å². The van der Waals surface area contributed by atoms with Crippen LogP contribution in [-0.4, -0.2) is 28.2 Å². The van der Waals surface area contributed by atoms with E-state index in [-0.39, 0.29) is 29.1 Å². The van der Waals surface area contributed by atoms with Gasteiger partial charge in [0, 0.05) is 11.8 Å². The van der Waals surface area contributed by atoms with Crippen molar-refractivity contribution in [1.29, 1.82) is 0 Å². The molecule has 136 valence electrons. The third-order valence-electron chi connectivity index (χ3n) is 6.57. The molecule has 2 aliphatic rings. The number of aliphatic hydroxyl groups is 1. The number of rotatable bonds is 6. The zero-order valence-corrected chi connectivity index (χ0v) is 16.2. The van der Waals surface area contributed by atoms with E-state index in [9.17, 15) is 15.0 Å². The van der Waals surface area contributed by atoms with Crippen LogP contribution in [0.25, 0.3) is 0 Å². The number of carboxylic acids is 1. The first-order valence-electron chi connectivity index (χ1n) is 8.89. The Morgan fingerprint density at radius 2 is 1.92 bits per heavy atom. The second-order valence-corrected chi connectivity index (χ2v) is 8.62. The maximum Gasteiger partial charge on any atom is 0.311 e. The molecule has 0 spiro atoms. The lowest BCUT2D eigenvalue weighted by Crippen LogP contribution is -2.35. The van der Waals surface area contributed by atoms with Crippen LogP contribution >= 0.6 is 11.6 Å². The molecule has 0 heterocycles. The van der Waals surface area contributed by atoms with Gasteiger partial charge in [-0.25, -0.2) is 0 Å². The molecule has 0 aromatic carbocycles. The van der Waals surface area contributed by atoms with E-state index < -0.39 is 17.5 Å². The molecule has 2 rings (SSSR count). The first kappa shape index (κ1) is 19.5. The van der Waals surface area contributed by atoms with E-state index >= 15 is 0 Å². The van der Waals surface area contributed by atoms with Crippen LogP contribution in [0, 0.1) is 34.5 Å². The number of aliphatic carboxylic acids is 1. The number of hydrogen-bond acceptors (Lipinski definition) is 2. The van der Waals surface area contributed by atoms with Gasteiger partial charge >= 0.3 is 5.97 Å². The predicted molar refractivity (Wildman–Crippen MR) is 98.0 cm³/mol. The van der Waals surface area contributed by atoms with Gasteiger partial charge in [0.05, 0.1) is 11.5 Å². The Bertz CT molecular complexity index is 547. The van der Waals surface area contributed by atoms with Crippen LogP contribution < -0.4 is 0 Å². The third kappa shape index (κ3) is 2.74. The average molecular weight is 355 g/mol. The van der Waals surface area contributed by atoms with E-state index in [1.165, 1.54) is 0 Å². The minimum atomic E-state index is -0.824. The molecule has 6 atom stereocenters. The standard InChI is InChI=1S/C20H31ClO3/c1-6-7-8-13-14(11-21)15(10-16(13)22)20(18(23)24)17(9-12(2)3)19(20,4)5/h6-7,9,13-17,22H,8,10-11H2,1-5H3,(H,23,24)/t13-,14-,15?,16+,17-,20-/m1/s1. The molecule has 0 aromatic rings. The van der Waals surface area contributed by atoms with Crippen molar-refractivity contribution in [2.75, 3.05) is 5.88 Å². The summed E-state index contributed by atoms with van der Waals surface area (Å²) in [5, 5.41) is 20.8. The van der Waals surface area contributed by atoms with E-state index in [0.717, 1.165) is 12.0 Å². The Labute approximate surface area is 150 Å². The van der Waals surface area contributed by atoms with E-state index in [4.69, 9.17) is 11.6 Å². The molecule has 2 N–H and O–H groups in total. The number of carboxylic acid groups (broad SMARTS) is 1. The van der Waals surface area contributed by atoms with Crippen molar-refractivity contribution in [3.63, 3.8) is 0 Å². The Morgan fingerprint density at radius 1 is 1.29 bits per heavy atom. The molecule has 0 amide bonds. The summed E-state index contributed by atoms with van der Waals surface area (Å²) in [4.78, 5) is 12.4. The molecule has 4 heteroatoms. The molecule has 3 nitrogen and oxygen atoms in total. The van der Waals surface area contributed by atoms with Crippen LogP contribution in [0.3, 0.4) is 0 Å². The molecule has 2 aliphatic carbocycles. The monoisotopic (exact) mass is 354 g/mol. The van der Waals surface area contributed by atoms with Gasteiger partial charge in [0.2, 0.25) is 0 Å². The molecule has 2 fully saturated rings. The van der Waals surface area contributed by atoms with Crippen molar-refractivity contribution < 1.29 is 15.0 Å². The lowest BCUT2D eigenvalue weighted by atomic mass is 9.74. The fourth-order valence-corrected chi connectivity index (χ4v) is 5.79. The summed E-state index contributed by atoms with van der Waals surface area (Å²) in [6, 6.07) is 0. The van der Waals surface area contributed by atoms with Crippen molar-refractivity contribution in [3.8, 4) is 0 Å². The molecule has 0 aromatic heterocycles. The largest absolute Gasteiger partial charge is 0.481 e. The highest BCUT2D eigenvalue weighted by Crippen LogP contribution is 2.76. The Kier molecular flexibility index (Phi) is 5.56. The quantitative estimate of drug-likeness (QED) is 0.545. The first-order valence-corrected chi connectivity index (χ1v) is 9.43. The number of alkyl halides is 1.